The van der Waals surface area contributed by atoms with Crippen molar-refractivity contribution in [2.45, 2.75) is 31.7 Å². The molecule has 0 bridgehead atoms. The van der Waals surface area contributed by atoms with E-state index < -0.39 is 0 Å². The highest BCUT2D eigenvalue weighted by molar-refractivity contribution is 5.31. The highest BCUT2D eigenvalue weighted by Crippen LogP contribution is 2.33. The first kappa shape index (κ1) is 11.5. The minimum absolute atomic E-state index is 0.151. The van der Waals surface area contributed by atoms with Crippen LogP contribution < -0.4 is 5.73 Å². The molecule has 1 aromatic carbocycles. The quantitative estimate of drug-likeness (QED) is 0.818. The summed E-state index contributed by atoms with van der Waals surface area (Å²) in [6, 6.07) is 10.8. The van der Waals surface area contributed by atoms with Crippen molar-refractivity contribution >= 4 is 0 Å². The molecule has 2 atom stereocenters. The maximum Gasteiger partial charge on any atom is 0.0934 e. The van der Waals surface area contributed by atoms with Crippen LogP contribution in [0.3, 0.4) is 0 Å². The zero-order chi connectivity index (χ0) is 12.4. The number of hydrogen-bond acceptors (Lipinski definition) is 2. The van der Waals surface area contributed by atoms with E-state index in [1.807, 2.05) is 12.3 Å². The lowest BCUT2D eigenvalue weighted by atomic mass is 9.87. The summed E-state index contributed by atoms with van der Waals surface area (Å²) in [6.45, 7) is 0. The fourth-order valence-corrected chi connectivity index (χ4v) is 3.02. The van der Waals surface area contributed by atoms with Gasteiger partial charge in [-0.25, -0.2) is 0 Å². The van der Waals surface area contributed by atoms with Crippen LogP contribution in [-0.2, 0) is 12.8 Å². The van der Waals surface area contributed by atoms with Crippen LogP contribution in [0.5, 0.6) is 0 Å². The third-order valence-corrected chi connectivity index (χ3v) is 4.02. The van der Waals surface area contributed by atoms with Crippen molar-refractivity contribution in [2.24, 2.45) is 11.7 Å². The SMILES string of the molecule is NC1c2ccccc2CCCC1Cc1ccoc1. The zero-order valence-corrected chi connectivity index (χ0v) is 10.5. The predicted octanol–water partition coefficient (Wildman–Crippen LogP) is 3.47. The van der Waals surface area contributed by atoms with Crippen molar-refractivity contribution in [1.82, 2.24) is 0 Å². The number of rotatable bonds is 2. The molecule has 0 radical (unpaired) electrons. The van der Waals surface area contributed by atoms with Gasteiger partial charge in [0.15, 0.2) is 0 Å². The number of aryl methyl sites for hydroxylation is 1. The molecule has 2 heteroatoms. The molecule has 2 N–H and O–H groups in total. The van der Waals surface area contributed by atoms with Crippen LogP contribution in [-0.4, -0.2) is 0 Å². The van der Waals surface area contributed by atoms with Gasteiger partial charge in [-0.05, 0) is 54.4 Å². The number of fused-ring (bicyclic) bond motifs is 1. The van der Waals surface area contributed by atoms with E-state index in [0.29, 0.717) is 5.92 Å². The molecule has 0 saturated heterocycles. The number of nitrogens with two attached hydrogens (primary N) is 1. The van der Waals surface area contributed by atoms with E-state index in [1.165, 1.54) is 29.5 Å². The van der Waals surface area contributed by atoms with Crippen molar-refractivity contribution in [1.29, 1.82) is 0 Å². The van der Waals surface area contributed by atoms with E-state index in [9.17, 15) is 0 Å². The van der Waals surface area contributed by atoms with Gasteiger partial charge < -0.3 is 10.2 Å². The maximum atomic E-state index is 6.48. The van der Waals surface area contributed by atoms with E-state index in [4.69, 9.17) is 10.2 Å². The smallest absolute Gasteiger partial charge is 0.0934 e. The summed E-state index contributed by atoms with van der Waals surface area (Å²) in [5.41, 5.74) is 10.5. The zero-order valence-electron chi connectivity index (χ0n) is 10.5. The van der Waals surface area contributed by atoms with Crippen LogP contribution in [0.15, 0.2) is 47.3 Å². The predicted molar refractivity (Wildman–Crippen MR) is 72.2 cm³/mol. The Morgan fingerprint density at radius 1 is 1.22 bits per heavy atom. The van der Waals surface area contributed by atoms with Crippen molar-refractivity contribution in [3.8, 4) is 0 Å². The van der Waals surface area contributed by atoms with E-state index >= 15 is 0 Å². The maximum absolute atomic E-state index is 6.48. The largest absolute Gasteiger partial charge is 0.472 e. The highest BCUT2D eigenvalue weighted by atomic mass is 16.3. The first-order chi connectivity index (χ1) is 8.84. The van der Waals surface area contributed by atoms with Crippen LogP contribution in [0.25, 0.3) is 0 Å². The average Bonchev–Trinajstić information content (AvgIpc) is 2.85. The molecule has 1 aliphatic rings. The molecular weight excluding hydrogens is 222 g/mol. The third kappa shape index (κ3) is 2.21. The second-order valence-electron chi connectivity index (χ2n) is 5.21. The van der Waals surface area contributed by atoms with Crippen LogP contribution in [0.2, 0.25) is 0 Å². The first-order valence-electron chi connectivity index (χ1n) is 6.69. The molecule has 1 aliphatic carbocycles. The molecule has 2 nitrogen and oxygen atoms in total. The molecule has 1 aromatic heterocycles. The second-order valence-corrected chi connectivity index (χ2v) is 5.21. The molecule has 0 spiro atoms. The summed E-state index contributed by atoms with van der Waals surface area (Å²) in [5, 5.41) is 0. The molecule has 0 aliphatic heterocycles. The normalized spacial score (nSPS) is 23.4. The Balaban J connectivity index is 1.85. The van der Waals surface area contributed by atoms with Crippen molar-refractivity contribution < 1.29 is 4.42 Å². The van der Waals surface area contributed by atoms with E-state index in [0.717, 1.165) is 12.8 Å². The summed E-state index contributed by atoms with van der Waals surface area (Å²) >= 11 is 0. The fraction of sp³-hybridized carbons (Fsp3) is 0.375. The lowest BCUT2D eigenvalue weighted by molar-refractivity contribution is 0.400. The summed E-state index contributed by atoms with van der Waals surface area (Å²) in [4.78, 5) is 0. The Kier molecular flexibility index (Phi) is 3.20. The Labute approximate surface area is 108 Å². The summed E-state index contributed by atoms with van der Waals surface area (Å²) in [6.07, 6.45) is 8.18. The number of benzene rings is 1. The van der Waals surface area contributed by atoms with Crippen LogP contribution in [0, 0.1) is 5.92 Å². The van der Waals surface area contributed by atoms with E-state index in [-0.39, 0.29) is 6.04 Å². The molecule has 18 heavy (non-hydrogen) atoms. The monoisotopic (exact) mass is 241 g/mol. The summed E-state index contributed by atoms with van der Waals surface area (Å²) in [5.74, 6) is 0.520. The van der Waals surface area contributed by atoms with Crippen LogP contribution >= 0.6 is 0 Å². The number of furan rings is 1. The molecule has 2 aromatic rings. The van der Waals surface area contributed by atoms with Gasteiger partial charge in [0.05, 0.1) is 12.5 Å². The third-order valence-electron chi connectivity index (χ3n) is 4.02. The topological polar surface area (TPSA) is 39.2 Å². The molecule has 2 unspecified atom stereocenters. The van der Waals surface area contributed by atoms with Gasteiger partial charge >= 0.3 is 0 Å². The Morgan fingerprint density at radius 3 is 2.94 bits per heavy atom. The van der Waals surface area contributed by atoms with E-state index in [1.54, 1.807) is 6.26 Å². The summed E-state index contributed by atoms with van der Waals surface area (Å²) in [7, 11) is 0. The molecule has 0 amide bonds. The van der Waals surface area contributed by atoms with Gasteiger partial charge in [-0.15, -0.1) is 0 Å². The van der Waals surface area contributed by atoms with Gasteiger partial charge in [0, 0.05) is 6.04 Å². The van der Waals surface area contributed by atoms with Gasteiger partial charge in [0.25, 0.3) is 0 Å². The molecule has 3 rings (SSSR count). The minimum atomic E-state index is 0.151. The summed E-state index contributed by atoms with van der Waals surface area (Å²) < 4.78 is 5.15. The van der Waals surface area contributed by atoms with Crippen molar-refractivity contribution in [2.75, 3.05) is 0 Å². The minimum Gasteiger partial charge on any atom is -0.472 e. The van der Waals surface area contributed by atoms with Crippen molar-refractivity contribution in [3.05, 3.63) is 59.5 Å². The molecular formula is C16H19NO. The lowest BCUT2D eigenvalue weighted by Gasteiger charge is -2.22. The van der Waals surface area contributed by atoms with Gasteiger partial charge in [-0.2, -0.15) is 0 Å². The van der Waals surface area contributed by atoms with Gasteiger partial charge in [-0.3, -0.25) is 0 Å². The Hall–Kier alpha value is -1.54. The van der Waals surface area contributed by atoms with Crippen LogP contribution in [0.1, 0.15) is 35.6 Å². The molecule has 0 fully saturated rings. The number of hydrogen-bond donors (Lipinski definition) is 1. The molecule has 94 valence electrons. The lowest BCUT2D eigenvalue weighted by Crippen LogP contribution is -2.22. The second kappa shape index (κ2) is 4.99. The highest BCUT2D eigenvalue weighted by Gasteiger charge is 2.24. The molecule has 1 heterocycles. The fourth-order valence-electron chi connectivity index (χ4n) is 3.02. The van der Waals surface area contributed by atoms with Crippen molar-refractivity contribution in [3.63, 3.8) is 0 Å². The Morgan fingerprint density at radius 2 is 2.11 bits per heavy atom. The Bertz CT molecular complexity index is 504. The van der Waals surface area contributed by atoms with Gasteiger partial charge in [0.1, 0.15) is 0 Å². The first-order valence-corrected chi connectivity index (χ1v) is 6.69. The van der Waals surface area contributed by atoms with Gasteiger partial charge in [-0.1, -0.05) is 24.3 Å². The molecule has 0 saturated carbocycles. The van der Waals surface area contributed by atoms with Gasteiger partial charge in [0.2, 0.25) is 0 Å². The average molecular weight is 241 g/mol. The standard InChI is InChI=1S/C16H19NO/c17-16-14(10-12-8-9-18-11-12)6-3-5-13-4-1-2-7-15(13)16/h1-2,4,7-9,11,14,16H,3,5-6,10,17H2. The van der Waals surface area contributed by atoms with E-state index in [2.05, 4.69) is 24.3 Å². The van der Waals surface area contributed by atoms with Crippen LogP contribution in [0.4, 0.5) is 0 Å².